The molecule has 28 heteroatoms. The van der Waals surface area contributed by atoms with Gasteiger partial charge in [-0.3, -0.25) is 28.5 Å². The molecule has 8 N–H and O–H groups in total. The van der Waals surface area contributed by atoms with Crippen molar-refractivity contribution in [3.05, 3.63) is 353 Å². The van der Waals surface area contributed by atoms with Crippen LogP contribution in [0.15, 0.2) is 308 Å². The largest absolute Gasteiger partial charge is 0.392 e. The summed E-state index contributed by atoms with van der Waals surface area (Å²) in [7, 11) is -14.2. The Morgan fingerprint density at radius 2 is 0.542 bits per heavy atom. The Morgan fingerprint density at radius 3 is 0.740 bits per heavy atom. The molecular weight excluding hydrogens is 1790 g/mol. The second kappa shape index (κ2) is 63.4. The first-order valence-corrected chi connectivity index (χ1v) is 52.6. The maximum absolute atomic E-state index is 13.2. The van der Waals surface area contributed by atoms with Crippen molar-refractivity contribution in [2.75, 3.05) is 70.2 Å². The van der Waals surface area contributed by atoms with Crippen LogP contribution >= 0.6 is 57.6 Å². The van der Waals surface area contributed by atoms with E-state index < -0.39 is 61.3 Å². The number of alkyl halides is 3. The van der Waals surface area contributed by atoms with Gasteiger partial charge >= 0.3 is 22.8 Å². The van der Waals surface area contributed by atoms with Crippen molar-refractivity contribution in [2.45, 2.75) is 213 Å². The maximum atomic E-state index is 13.2. The quantitative estimate of drug-likeness (QED) is 0.00897. The van der Waals surface area contributed by atoms with Gasteiger partial charge in [0, 0.05) is 26.2 Å². The summed E-state index contributed by atoms with van der Waals surface area (Å²) in [4.78, 5) is 1.72. The lowest BCUT2D eigenvalue weighted by Crippen LogP contribution is -2.47. The molecule has 0 aliphatic heterocycles. The van der Waals surface area contributed by atoms with Gasteiger partial charge in [-0.05, 0) is 193 Å². The van der Waals surface area contributed by atoms with Gasteiger partial charge in [-0.25, -0.2) is 0 Å². The normalized spacial score (nSPS) is 12.8. The van der Waals surface area contributed by atoms with Gasteiger partial charge < -0.3 is 63.2 Å². The lowest BCUT2D eigenvalue weighted by Gasteiger charge is -2.38. The molecule has 10 aromatic rings. The number of ether oxygens (including phenoxy) is 2. The Labute approximate surface area is 799 Å². The van der Waals surface area contributed by atoms with E-state index in [4.69, 9.17) is 92.2 Å². The molecule has 0 aliphatic rings. The number of aliphatic hydroxyl groups excluding tert-OH is 2. The van der Waals surface area contributed by atoms with E-state index >= 15 is 0 Å². The summed E-state index contributed by atoms with van der Waals surface area (Å²) in [6.45, 7) is 40.5. The van der Waals surface area contributed by atoms with E-state index in [1.807, 2.05) is 160 Å². The van der Waals surface area contributed by atoms with Gasteiger partial charge in [0.1, 0.15) is 17.6 Å². The number of aliphatic hydroxyl groups is 2. The van der Waals surface area contributed by atoms with Crippen LogP contribution in [0.2, 0.25) is 0 Å². The molecule has 0 bridgehead atoms. The van der Waals surface area contributed by atoms with Crippen molar-refractivity contribution in [1.82, 2.24) is 15.5 Å². The minimum Gasteiger partial charge on any atom is -0.392 e. The zero-order valence-corrected chi connectivity index (χ0v) is 85.8. The molecule has 722 valence electrons. The predicted octanol–water partition coefficient (Wildman–Crippen LogP) is 24.0. The molecular formula is C103H147Cl3N5O16P3S. The number of nitrogens with zero attached hydrogens (tertiary/aromatic N) is 1. The van der Waals surface area contributed by atoms with Crippen LogP contribution in [0.25, 0.3) is 0 Å². The Balaban J connectivity index is 0.000000414. The molecule has 10 rings (SSSR count). The molecule has 0 aliphatic carbocycles. The monoisotopic (exact) mass is 1940 g/mol. The fourth-order valence-corrected chi connectivity index (χ4v) is 20.4. The number of hydrogen-bond acceptors (Lipinski definition) is 21. The summed E-state index contributed by atoms with van der Waals surface area (Å²) in [5.41, 5.74) is 19.3. The number of nitrogens with two attached hydrogens (primary N) is 2. The third-order valence-corrected chi connectivity index (χ3v) is 26.7. The van der Waals surface area contributed by atoms with Crippen LogP contribution in [0.1, 0.15) is 182 Å². The summed E-state index contributed by atoms with van der Waals surface area (Å²) in [6.07, 6.45) is -3.50. The second-order valence-electron chi connectivity index (χ2n) is 32.1. The minimum absolute atomic E-state index is 0.00866. The van der Waals surface area contributed by atoms with Crippen molar-refractivity contribution >= 4 is 67.7 Å². The van der Waals surface area contributed by atoms with Crippen LogP contribution in [0.5, 0.6) is 0 Å². The van der Waals surface area contributed by atoms with Crippen molar-refractivity contribution in [3.63, 3.8) is 0 Å². The van der Waals surface area contributed by atoms with E-state index in [1.54, 1.807) is 59.7 Å². The number of rotatable bonds is 42. The smallest absolute Gasteiger partial charge is 0.358 e. The van der Waals surface area contributed by atoms with Crippen molar-refractivity contribution in [1.29, 1.82) is 0 Å². The molecule has 0 radical (unpaired) electrons. The lowest BCUT2D eigenvalue weighted by atomic mass is 9.77. The molecule has 0 amide bonds. The van der Waals surface area contributed by atoms with E-state index in [0.717, 1.165) is 50.1 Å². The van der Waals surface area contributed by atoms with Gasteiger partial charge in [0.25, 0.3) is 10.1 Å². The lowest BCUT2D eigenvalue weighted by molar-refractivity contribution is 0.0603. The van der Waals surface area contributed by atoms with E-state index in [2.05, 4.69) is 218 Å². The van der Waals surface area contributed by atoms with Gasteiger partial charge in [0.15, 0.2) is 6.35 Å². The molecule has 0 heterocycles. The number of benzene rings is 10. The summed E-state index contributed by atoms with van der Waals surface area (Å²) < 4.78 is 110. The third kappa shape index (κ3) is 43.3. The molecule has 0 spiro atoms. The average molecular weight is 1940 g/mol. The molecule has 0 saturated heterocycles. The highest BCUT2D eigenvalue weighted by Crippen LogP contribution is 2.53. The fourth-order valence-electron chi connectivity index (χ4n) is 13.1. The molecule has 0 saturated carbocycles. The van der Waals surface area contributed by atoms with E-state index in [1.165, 1.54) is 31.8 Å². The summed E-state index contributed by atoms with van der Waals surface area (Å²) in [5, 5.41) is 25.8. The summed E-state index contributed by atoms with van der Waals surface area (Å²) >= 11 is 16.6. The number of nitrogens with one attached hydrogen (secondary N) is 2. The third-order valence-electron chi connectivity index (χ3n) is 18.7. The first-order chi connectivity index (χ1) is 62.3. The number of hydrogen-bond donors (Lipinski definition) is 6. The molecule has 0 aromatic heterocycles. The summed E-state index contributed by atoms with van der Waals surface area (Å²) in [5.74, 6) is 0. The van der Waals surface area contributed by atoms with Gasteiger partial charge in [0.2, 0.25) is 0 Å². The van der Waals surface area contributed by atoms with Gasteiger partial charge in [-0.15, -0.1) is 34.8 Å². The van der Waals surface area contributed by atoms with Crippen LogP contribution < -0.4 is 22.1 Å². The maximum Gasteiger partial charge on any atom is 0.358 e. The summed E-state index contributed by atoms with van der Waals surface area (Å²) in [6, 6.07) is 101. The number of halogens is 3. The Kier molecular flexibility index (Phi) is 57.2. The Hall–Kier alpha value is -6.93. The first kappa shape index (κ1) is 118. The van der Waals surface area contributed by atoms with E-state index in [0.29, 0.717) is 26.2 Å². The van der Waals surface area contributed by atoms with Crippen LogP contribution in [0, 0.1) is 0 Å². The van der Waals surface area contributed by atoms with Crippen LogP contribution in [0.3, 0.4) is 0 Å². The van der Waals surface area contributed by atoms with Crippen LogP contribution in [0.4, 0.5) is 0 Å². The first-order valence-electron chi connectivity index (χ1n) is 44.6. The van der Waals surface area contributed by atoms with Crippen LogP contribution in [-0.4, -0.2) is 155 Å². The second-order valence-corrected chi connectivity index (χ2v) is 40.8. The molecule has 10 aromatic carbocycles. The highest BCUT2D eigenvalue weighted by atomic mass is 35.5. The highest BCUT2D eigenvalue weighted by Gasteiger charge is 2.40. The fraction of sp³-hybridized carbons (Fsp3) is 0.417. The average Bonchev–Trinajstić information content (AvgIpc) is 0.773. The molecule has 131 heavy (non-hydrogen) atoms. The molecule has 0 unspecified atom stereocenters. The van der Waals surface area contributed by atoms with E-state index in [-0.39, 0.29) is 77.9 Å². The Morgan fingerprint density at radius 1 is 0.336 bits per heavy atom. The Bertz CT molecular complexity index is 4500. The van der Waals surface area contributed by atoms with Crippen molar-refractivity contribution < 1.29 is 73.1 Å². The van der Waals surface area contributed by atoms with Crippen LogP contribution in [-0.2, 0) is 80.6 Å². The standard InChI is InChI=1S/C29H38NO4P.C22H23NO.C19H15Cl.C13H21O6PS.C10H24NO4P.C6H15N.C3H9NO.CH2Cl2/c1-23(2)33-35(31,34-24(3)4)22-32-25(5)21-30-29(26-15-9-6-10-16-26,27-17-11-7-12-18-27)28-19-13-8-14-20-28;1-18(24)17-23-22(19-11-5-2-6-12-19,20-13-7-3-8-14-20)21-15-9-4-10-16-21;20-19(16-10-4-1-5-11-16,17-12-6-2-7-13-17)18-14-8-3-9-15-18;1-11(2)18-20(14,19-12(3)4)10-17-21(15,16)13-8-6-5-7-9-13;1-8(2)14-16(12,15-9(3)4)7-13-10(5)6-11;1-4-7(5-2)6-3;1-3(5)2-4;2-1-3/h6-20,23-25,30H,21-22H2,1-5H3;2-16,18,23-24H,17H2,1H3;1-15H;5-9,11-12H,10H2,1-4H3;8-10H,6-7,11H2,1-5H3;4-6H2,1-3H3;3,5H,2,4H2,1H3;1H2/t25-;18-;;;10-;;3-;/m11..1.1./s1. The predicted molar refractivity (Wildman–Crippen MR) is 542 cm³/mol. The van der Waals surface area contributed by atoms with Crippen molar-refractivity contribution in [3.8, 4) is 0 Å². The zero-order chi connectivity index (χ0) is 97.5. The minimum atomic E-state index is -4.00. The topological polar surface area (TPSA) is 288 Å². The van der Waals surface area contributed by atoms with Gasteiger partial charge in [-0.2, -0.15) is 8.42 Å². The highest BCUT2D eigenvalue weighted by molar-refractivity contribution is 7.87. The van der Waals surface area contributed by atoms with E-state index in [9.17, 15) is 27.2 Å². The SMILES string of the molecule is CC(C)OP(=O)(COS(=O)(=O)c1ccccc1)OC(C)C.CC(C)OP(=O)(CO[C@H](C)CN)OC(C)C.CC(C)OP(=O)(CO[C@H](C)CNC(c1ccccc1)(c1ccccc1)c1ccccc1)OC(C)C.CCN(CC)CC.C[C@@H](O)CN.C[C@@H](O)CNC(c1ccccc1)(c1ccccc1)c1ccccc1.ClC(c1ccccc1)(c1ccccc1)c1ccccc1.ClCCl. The van der Waals surface area contributed by atoms with Gasteiger partial charge in [-0.1, -0.05) is 312 Å². The molecule has 4 atom stereocenters. The van der Waals surface area contributed by atoms with Gasteiger partial charge in [0.05, 0.1) is 82.4 Å². The zero-order valence-electron chi connectivity index (χ0n) is 80.0. The molecule has 21 nitrogen and oxygen atoms in total. The van der Waals surface area contributed by atoms with Crippen molar-refractivity contribution in [2.24, 2.45) is 11.5 Å². The molecule has 0 fully saturated rings.